The van der Waals surface area contributed by atoms with E-state index >= 15 is 0 Å². The molecule has 2 saturated heterocycles. The summed E-state index contributed by atoms with van der Waals surface area (Å²) in [6.07, 6.45) is 3.41. The third kappa shape index (κ3) is 4.44. The summed E-state index contributed by atoms with van der Waals surface area (Å²) in [5, 5.41) is 6.47. The maximum absolute atomic E-state index is 12.7. The molecule has 0 aromatic rings. The molecule has 0 aliphatic carbocycles. The second kappa shape index (κ2) is 8.11. The first-order valence-corrected chi connectivity index (χ1v) is 8.76. The molecular weight excluding hydrogens is 294 g/mol. The molecule has 0 aromatic heterocycles. The molecule has 0 radical (unpaired) electrons. The van der Waals surface area contributed by atoms with Gasteiger partial charge in [0, 0.05) is 32.0 Å². The van der Waals surface area contributed by atoms with Crippen molar-refractivity contribution in [2.45, 2.75) is 45.6 Å². The Labute approximate surface area is 139 Å². The lowest BCUT2D eigenvalue weighted by Gasteiger charge is -2.38. The zero-order valence-corrected chi connectivity index (χ0v) is 14.7. The van der Waals surface area contributed by atoms with Gasteiger partial charge in [0.05, 0.1) is 6.61 Å². The average Bonchev–Trinajstić information content (AvgIpc) is 2.92. The van der Waals surface area contributed by atoms with Crippen molar-refractivity contribution in [3.8, 4) is 0 Å². The van der Waals surface area contributed by atoms with Gasteiger partial charge in [-0.1, -0.05) is 13.8 Å². The van der Waals surface area contributed by atoms with Gasteiger partial charge in [0.2, 0.25) is 11.8 Å². The van der Waals surface area contributed by atoms with Crippen molar-refractivity contribution in [3.05, 3.63) is 0 Å². The van der Waals surface area contributed by atoms with Crippen LogP contribution >= 0.6 is 0 Å². The fourth-order valence-electron chi connectivity index (χ4n) is 3.78. The number of piperidine rings is 1. The number of nitrogens with one attached hydrogen (secondary N) is 2. The Morgan fingerprint density at radius 3 is 2.61 bits per heavy atom. The first-order chi connectivity index (χ1) is 11.0. The van der Waals surface area contributed by atoms with Gasteiger partial charge in [-0.2, -0.15) is 0 Å². The SMILES string of the molecule is COCC1(CNC(=O)C(C(C)C)N2CCCC2=O)CCNCC1. The Bertz CT molecular complexity index is 414. The van der Waals surface area contributed by atoms with Gasteiger partial charge in [0.25, 0.3) is 0 Å². The van der Waals surface area contributed by atoms with Crippen LogP contribution in [0.25, 0.3) is 0 Å². The van der Waals surface area contributed by atoms with E-state index in [9.17, 15) is 9.59 Å². The summed E-state index contributed by atoms with van der Waals surface area (Å²) < 4.78 is 5.40. The summed E-state index contributed by atoms with van der Waals surface area (Å²) in [5.41, 5.74) is 0.00616. The average molecular weight is 325 g/mol. The van der Waals surface area contributed by atoms with Gasteiger partial charge in [0.1, 0.15) is 6.04 Å². The maximum Gasteiger partial charge on any atom is 0.243 e. The van der Waals surface area contributed by atoms with Crippen LogP contribution in [0.5, 0.6) is 0 Å². The molecule has 1 atom stereocenters. The molecule has 2 N–H and O–H groups in total. The second-order valence-electron chi connectivity index (χ2n) is 7.28. The van der Waals surface area contributed by atoms with Crippen LogP contribution in [-0.4, -0.2) is 62.7 Å². The van der Waals surface area contributed by atoms with Gasteiger partial charge in [-0.05, 0) is 38.3 Å². The Hall–Kier alpha value is -1.14. The van der Waals surface area contributed by atoms with Crippen molar-refractivity contribution in [1.29, 1.82) is 0 Å². The highest BCUT2D eigenvalue weighted by atomic mass is 16.5. The Morgan fingerprint density at radius 1 is 1.39 bits per heavy atom. The molecule has 2 heterocycles. The number of methoxy groups -OCH3 is 1. The highest BCUT2D eigenvalue weighted by Gasteiger charge is 2.37. The first kappa shape index (κ1) is 18.2. The molecule has 2 fully saturated rings. The van der Waals surface area contributed by atoms with Crippen LogP contribution in [0.3, 0.4) is 0 Å². The number of amides is 2. The van der Waals surface area contributed by atoms with Crippen LogP contribution in [0.4, 0.5) is 0 Å². The molecule has 0 bridgehead atoms. The van der Waals surface area contributed by atoms with E-state index in [1.807, 2.05) is 13.8 Å². The van der Waals surface area contributed by atoms with E-state index in [-0.39, 0.29) is 29.2 Å². The number of likely N-dealkylation sites (tertiary alicyclic amines) is 1. The topological polar surface area (TPSA) is 70.7 Å². The maximum atomic E-state index is 12.7. The van der Waals surface area contributed by atoms with Crippen LogP contribution in [0.2, 0.25) is 0 Å². The van der Waals surface area contributed by atoms with Crippen LogP contribution < -0.4 is 10.6 Å². The van der Waals surface area contributed by atoms with Crippen molar-refractivity contribution in [3.63, 3.8) is 0 Å². The third-order valence-corrected chi connectivity index (χ3v) is 5.10. The monoisotopic (exact) mass is 325 g/mol. The van der Waals surface area contributed by atoms with Gasteiger partial charge in [0.15, 0.2) is 0 Å². The second-order valence-corrected chi connectivity index (χ2v) is 7.28. The fraction of sp³-hybridized carbons (Fsp3) is 0.882. The van der Waals surface area contributed by atoms with Gasteiger partial charge in [-0.25, -0.2) is 0 Å². The molecule has 132 valence electrons. The minimum atomic E-state index is -0.355. The molecule has 2 aliphatic rings. The minimum Gasteiger partial charge on any atom is -0.384 e. The van der Waals surface area contributed by atoms with Gasteiger partial charge >= 0.3 is 0 Å². The smallest absolute Gasteiger partial charge is 0.243 e. The number of hydrogen-bond acceptors (Lipinski definition) is 4. The van der Waals surface area contributed by atoms with Gasteiger partial charge in [-0.15, -0.1) is 0 Å². The Kier molecular flexibility index (Phi) is 6.41. The highest BCUT2D eigenvalue weighted by Crippen LogP contribution is 2.28. The van der Waals surface area contributed by atoms with Gasteiger partial charge in [-0.3, -0.25) is 9.59 Å². The zero-order chi connectivity index (χ0) is 16.9. The lowest BCUT2D eigenvalue weighted by molar-refractivity contribution is -0.139. The molecule has 2 amide bonds. The summed E-state index contributed by atoms with van der Waals surface area (Å²) in [6, 6.07) is -0.355. The largest absolute Gasteiger partial charge is 0.384 e. The fourth-order valence-corrected chi connectivity index (χ4v) is 3.78. The predicted molar refractivity (Wildman–Crippen MR) is 89.0 cm³/mol. The van der Waals surface area contributed by atoms with Crippen molar-refractivity contribution in [2.24, 2.45) is 11.3 Å². The van der Waals surface area contributed by atoms with E-state index < -0.39 is 0 Å². The minimum absolute atomic E-state index is 0.00616. The molecule has 6 heteroatoms. The van der Waals surface area contributed by atoms with Crippen LogP contribution in [0.15, 0.2) is 0 Å². The molecule has 0 saturated carbocycles. The lowest BCUT2D eigenvalue weighted by Crippen LogP contribution is -2.54. The first-order valence-electron chi connectivity index (χ1n) is 8.76. The van der Waals surface area contributed by atoms with E-state index in [0.29, 0.717) is 26.1 Å². The molecule has 0 spiro atoms. The van der Waals surface area contributed by atoms with Crippen molar-refractivity contribution in [2.75, 3.05) is 39.9 Å². The molecule has 2 rings (SSSR count). The van der Waals surface area contributed by atoms with Crippen molar-refractivity contribution < 1.29 is 14.3 Å². The summed E-state index contributed by atoms with van der Waals surface area (Å²) in [4.78, 5) is 26.5. The third-order valence-electron chi connectivity index (χ3n) is 5.10. The molecular formula is C17H31N3O3. The number of ether oxygens (including phenoxy) is 1. The Balaban J connectivity index is 1.98. The number of hydrogen-bond donors (Lipinski definition) is 2. The van der Waals surface area contributed by atoms with Crippen LogP contribution in [0, 0.1) is 11.3 Å². The number of carbonyl (C=O) groups excluding carboxylic acids is 2. The molecule has 0 aromatic carbocycles. The lowest BCUT2D eigenvalue weighted by atomic mass is 9.79. The molecule has 2 aliphatic heterocycles. The van der Waals surface area contributed by atoms with E-state index in [1.165, 1.54) is 0 Å². The standard InChI is InChI=1S/C17H31N3O3/c1-13(2)15(20-10-4-5-14(20)21)16(22)19-11-17(12-23-3)6-8-18-9-7-17/h13,15,18H,4-12H2,1-3H3,(H,19,22). The molecule has 6 nitrogen and oxygen atoms in total. The van der Waals surface area contributed by atoms with Crippen LogP contribution in [0.1, 0.15) is 39.5 Å². The predicted octanol–water partition coefficient (Wildman–Crippen LogP) is 0.766. The molecule has 23 heavy (non-hydrogen) atoms. The number of carbonyl (C=O) groups is 2. The van der Waals surface area contributed by atoms with E-state index in [1.54, 1.807) is 12.0 Å². The summed E-state index contributed by atoms with van der Waals surface area (Å²) in [5.74, 6) is 0.194. The zero-order valence-electron chi connectivity index (χ0n) is 14.7. The van der Waals surface area contributed by atoms with E-state index in [4.69, 9.17) is 4.74 Å². The summed E-state index contributed by atoms with van der Waals surface area (Å²) in [6.45, 7) is 7.89. The van der Waals surface area contributed by atoms with Gasteiger partial charge < -0.3 is 20.3 Å². The Morgan fingerprint density at radius 2 is 2.09 bits per heavy atom. The summed E-state index contributed by atoms with van der Waals surface area (Å²) in [7, 11) is 1.71. The van der Waals surface area contributed by atoms with Crippen molar-refractivity contribution >= 4 is 11.8 Å². The highest BCUT2D eigenvalue weighted by molar-refractivity contribution is 5.88. The summed E-state index contributed by atoms with van der Waals surface area (Å²) >= 11 is 0. The van der Waals surface area contributed by atoms with E-state index in [0.717, 1.165) is 32.4 Å². The number of nitrogens with zero attached hydrogens (tertiary/aromatic N) is 1. The van der Waals surface area contributed by atoms with E-state index in [2.05, 4.69) is 10.6 Å². The van der Waals surface area contributed by atoms with Crippen LogP contribution in [-0.2, 0) is 14.3 Å². The van der Waals surface area contributed by atoms with Crippen molar-refractivity contribution in [1.82, 2.24) is 15.5 Å². The quantitative estimate of drug-likeness (QED) is 0.725. The molecule has 1 unspecified atom stereocenters. The number of rotatable bonds is 7. The normalized spacial score (nSPS) is 22.4.